The Morgan fingerprint density at radius 1 is 1.30 bits per heavy atom. The Morgan fingerprint density at radius 2 is 2.04 bits per heavy atom. The van der Waals surface area contributed by atoms with E-state index in [0.717, 1.165) is 19.3 Å². The summed E-state index contributed by atoms with van der Waals surface area (Å²) in [6, 6.07) is 6.58. The lowest BCUT2D eigenvalue weighted by Crippen LogP contribution is -2.21. The van der Waals surface area contributed by atoms with Crippen LogP contribution in [0.2, 0.25) is 0 Å². The number of nitrogens with zero attached hydrogens (tertiary/aromatic N) is 3. The molecule has 0 unspecified atom stereocenters. The summed E-state index contributed by atoms with van der Waals surface area (Å²) in [6.45, 7) is 5.62. The van der Waals surface area contributed by atoms with Crippen LogP contribution in [0, 0.1) is 5.82 Å². The van der Waals surface area contributed by atoms with Crippen molar-refractivity contribution >= 4 is 5.95 Å². The van der Waals surface area contributed by atoms with E-state index < -0.39 is 5.60 Å². The van der Waals surface area contributed by atoms with Gasteiger partial charge in [0.1, 0.15) is 5.82 Å². The predicted molar refractivity (Wildman–Crippen MR) is 88.5 cm³/mol. The third-order valence-electron chi connectivity index (χ3n) is 3.51. The predicted octanol–water partition coefficient (Wildman–Crippen LogP) is 3.42. The largest absolute Gasteiger partial charge is 0.390 e. The zero-order chi connectivity index (χ0) is 16.9. The van der Waals surface area contributed by atoms with Crippen LogP contribution in [0.3, 0.4) is 0 Å². The summed E-state index contributed by atoms with van der Waals surface area (Å²) in [5.74, 6) is 0.0405. The summed E-state index contributed by atoms with van der Waals surface area (Å²) < 4.78 is 13.8. The van der Waals surface area contributed by atoms with E-state index in [-0.39, 0.29) is 11.9 Å². The van der Waals surface area contributed by atoms with E-state index in [1.54, 1.807) is 32.0 Å². The second-order valence-corrected chi connectivity index (χ2v) is 6.40. The summed E-state index contributed by atoms with van der Waals surface area (Å²) in [7, 11) is 0. The van der Waals surface area contributed by atoms with Crippen molar-refractivity contribution in [2.45, 2.75) is 51.7 Å². The second-order valence-electron chi connectivity index (χ2n) is 6.40. The number of halogens is 1. The normalized spacial score (nSPS) is 12.9. The van der Waals surface area contributed by atoms with E-state index >= 15 is 0 Å². The quantitative estimate of drug-likeness (QED) is 0.818. The first kappa shape index (κ1) is 17.3. The van der Waals surface area contributed by atoms with Crippen LogP contribution in [0.15, 0.2) is 30.5 Å². The van der Waals surface area contributed by atoms with Crippen LogP contribution in [0.1, 0.15) is 40.0 Å². The zero-order valence-corrected chi connectivity index (χ0v) is 13.8. The van der Waals surface area contributed by atoms with Gasteiger partial charge in [0.15, 0.2) is 0 Å². The number of hydrogen-bond acceptors (Lipinski definition) is 5. The zero-order valence-electron chi connectivity index (χ0n) is 13.8. The van der Waals surface area contributed by atoms with Crippen LogP contribution in [-0.4, -0.2) is 31.9 Å². The van der Waals surface area contributed by atoms with Gasteiger partial charge in [-0.2, -0.15) is 5.10 Å². The number of nitrogens with one attached hydrogen (secondary N) is 1. The molecule has 0 radical (unpaired) electrons. The van der Waals surface area contributed by atoms with Crippen LogP contribution in [-0.2, 0) is 0 Å². The van der Waals surface area contributed by atoms with Gasteiger partial charge in [0.25, 0.3) is 0 Å². The first-order valence-electron chi connectivity index (χ1n) is 7.79. The van der Waals surface area contributed by atoms with Crippen molar-refractivity contribution in [3.63, 3.8) is 0 Å². The average Bonchev–Trinajstić information content (AvgIpc) is 2.46. The third kappa shape index (κ3) is 5.56. The van der Waals surface area contributed by atoms with Gasteiger partial charge in [-0.25, -0.2) is 9.37 Å². The fourth-order valence-electron chi connectivity index (χ4n) is 2.30. The lowest BCUT2D eigenvalue weighted by molar-refractivity contribution is 0.0680. The highest BCUT2D eigenvalue weighted by Crippen LogP contribution is 2.20. The second kappa shape index (κ2) is 7.46. The van der Waals surface area contributed by atoms with Crippen molar-refractivity contribution in [1.29, 1.82) is 0 Å². The van der Waals surface area contributed by atoms with Crippen molar-refractivity contribution in [3.8, 4) is 11.3 Å². The van der Waals surface area contributed by atoms with Crippen LogP contribution in [0.5, 0.6) is 0 Å². The molecule has 23 heavy (non-hydrogen) atoms. The third-order valence-corrected chi connectivity index (χ3v) is 3.51. The molecule has 0 spiro atoms. The minimum Gasteiger partial charge on any atom is -0.390 e. The van der Waals surface area contributed by atoms with Crippen LogP contribution < -0.4 is 5.32 Å². The minimum atomic E-state index is -0.650. The number of anilines is 1. The Labute approximate surface area is 136 Å². The standard InChI is InChI=1S/C17H23FN4O/c1-12(7-6-10-17(2,3)23)20-16-21-15(11-19-22-16)13-8-4-5-9-14(13)18/h4-5,8-9,11-12,23H,6-7,10H2,1-3H3,(H,20,21,22)/t12-/m0/s1. The van der Waals surface area contributed by atoms with Crippen LogP contribution >= 0.6 is 0 Å². The van der Waals surface area contributed by atoms with E-state index in [1.807, 2.05) is 6.92 Å². The first-order valence-corrected chi connectivity index (χ1v) is 7.79. The number of benzene rings is 1. The molecule has 2 aromatic rings. The highest BCUT2D eigenvalue weighted by atomic mass is 19.1. The van der Waals surface area contributed by atoms with Crippen LogP contribution in [0.4, 0.5) is 10.3 Å². The number of aliphatic hydroxyl groups is 1. The molecule has 6 heteroatoms. The fourth-order valence-corrected chi connectivity index (χ4v) is 2.30. The van der Waals surface area contributed by atoms with E-state index in [4.69, 9.17) is 0 Å². The molecule has 1 aromatic carbocycles. The summed E-state index contributed by atoms with van der Waals surface area (Å²) >= 11 is 0. The highest BCUT2D eigenvalue weighted by Gasteiger charge is 2.14. The molecule has 0 saturated heterocycles. The first-order chi connectivity index (χ1) is 10.8. The number of aromatic nitrogens is 3. The summed E-state index contributed by atoms with van der Waals surface area (Å²) in [6.07, 6.45) is 3.94. The highest BCUT2D eigenvalue weighted by molar-refractivity contribution is 5.59. The fraction of sp³-hybridized carbons (Fsp3) is 0.471. The summed E-state index contributed by atoms with van der Waals surface area (Å²) in [5, 5.41) is 20.7. The molecule has 1 aromatic heterocycles. The number of rotatable bonds is 7. The van der Waals surface area contributed by atoms with Crippen molar-refractivity contribution in [2.75, 3.05) is 5.32 Å². The van der Waals surface area contributed by atoms with Gasteiger partial charge >= 0.3 is 0 Å². The van der Waals surface area contributed by atoms with Gasteiger partial charge in [-0.3, -0.25) is 0 Å². The molecule has 0 aliphatic rings. The molecule has 0 saturated carbocycles. The topological polar surface area (TPSA) is 70.9 Å². The Kier molecular flexibility index (Phi) is 5.60. The van der Waals surface area contributed by atoms with Gasteiger partial charge in [-0.1, -0.05) is 12.1 Å². The average molecular weight is 318 g/mol. The maximum Gasteiger partial charge on any atom is 0.243 e. The maximum absolute atomic E-state index is 13.8. The Morgan fingerprint density at radius 3 is 2.74 bits per heavy atom. The van der Waals surface area contributed by atoms with Gasteiger partial charge in [0.2, 0.25) is 5.95 Å². The van der Waals surface area contributed by atoms with Gasteiger partial charge in [-0.15, -0.1) is 5.10 Å². The SMILES string of the molecule is C[C@@H](CCCC(C)(C)O)Nc1nncc(-c2ccccc2F)n1. The van der Waals surface area contributed by atoms with Gasteiger partial charge in [0.05, 0.1) is 17.5 Å². The maximum atomic E-state index is 13.8. The molecule has 0 bridgehead atoms. The molecule has 124 valence electrons. The van der Waals surface area contributed by atoms with Crippen molar-refractivity contribution in [1.82, 2.24) is 15.2 Å². The molecule has 0 aliphatic carbocycles. The summed E-state index contributed by atoms with van der Waals surface area (Å²) in [4.78, 5) is 4.33. The Hall–Kier alpha value is -2.08. The van der Waals surface area contributed by atoms with Gasteiger partial charge in [0, 0.05) is 11.6 Å². The molecule has 2 N–H and O–H groups in total. The van der Waals surface area contributed by atoms with E-state index in [0.29, 0.717) is 17.2 Å². The molecule has 0 amide bonds. The molecular formula is C17H23FN4O. The van der Waals surface area contributed by atoms with Crippen molar-refractivity contribution in [3.05, 3.63) is 36.3 Å². The molecular weight excluding hydrogens is 295 g/mol. The van der Waals surface area contributed by atoms with E-state index in [1.165, 1.54) is 12.3 Å². The lowest BCUT2D eigenvalue weighted by atomic mass is 10.00. The Bertz CT molecular complexity index is 642. The van der Waals surface area contributed by atoms with E-state index in [9.17, 15) is 9.50 Å². The van der Waals surface area contributed by atoms with Gasteiger partial charge in [-0.05, 0) is 52.2 Å². The molecule has 0 aliphatic heterocycles. The molecule has 1 heterocycles. The number of hydrogen-bond donors (Lipinski definition) is 2. The molecule has 1 atom stereocenters. The molecule has 2 rings (SSSR count). The lowest BCUT2D eigenvalue weighted by Gasteiger charge is -2.19. The monoisotopic (exact) mass is 318 g/mol. The smallest absolute Gasteiger partial charge is 0.243 e. The van der Waals surface area contributed by atoms with Crippen molar-refractivity contribution < 1.29 is 9.50 Å². The Balaban J connectivity index is 1.99. The van der Waals surface area contributed by atoms with Crippen molar-refractivity contribution in [2.24, 2.45) is 0 Å². The van der Waals surface area contributed by atoms with Gasteiger partial charge < -0.3 is 10.4 Å². The molecule has 5 nitrogen and oxygen atoms in total. The molecule has 0 fully saturated rings. The minimum absolute atomic E-state index is 0.134. The summed E-state index contributed by atoms with van der Waals surface area (Å²) in [5.41, 5.74) is 0.201. The van der Waals surface area contributed by atoms with Crippen LogP contribution in [0.25, 0.3) is 11.3 Å². The van der Waals surface area contributed by atoms with E-state index in [2.05, 4.69) is 20.5 Å².